The van der Waals surface area contributed by atoms with Crippen molar-refractivity contribution in [3.63, 3.8) is 0 Å². The summed E-state index contributed by atoms with van der Waals surface area (Å²) >= 11 is 0. The maximum atomic E-state index is 9.97. The van der Waals surface area contributed by atoms with Crippen LogP contribution in [-0.4, -0.2) is 16.8 Å². The maximum absolute atomic E-state index is 9.97. The van der Waals surface area contributed by atoms with E-state index in [2.05, 4.69) is 0 Å². The van der Waals surface area contributed by atoms with Crippen molar-refractivity contribution >= 4 is 0 Å². The fourth-order valence-corrected chi connectivity index (χ4v) is 1.70. The zero-order chi connectivity index (χ0) is 12.0. The van der Waals surface area contributed by atoms with Gasteiger partial charge in [-0.3, -0.25) is 0 Å². The van der Waals surface area contributed by atoms with Crippen LogP contribution < -0.4 is 0 Å². The molecule has 2 N–H and O–H groups in total. The van der Waals surface area contributed by atoms with Crippen LogP contribution in [0.25, 0.3) is 0 Å². The van der Waals surface area contributed by atoms with E-state index in [1.165, 1.54) is 0 Å². The van der Waals surface area contributed by atoms with E-state index in [1.54, 1.807) is 0 Å². The lowest BCUT2D eigenvalue weighted by Crippen LogP contribution is -2.01. The lowest BCUT2D eigenvalue weighted by atomic mass is 10.00. The third-order valence-corrected chi connectivity index (χ3v) is 2.56. The van der Waals surface area contributed by atoms with Crippen LogP contribution in [0.2, 0.25) is 0 Å². The molecule has 16 heavy (non-hydrogen) atoms. The van der Waals surface area contributed by atoms with Gasteiger partial charge in [0, 0.05) is 6.61 Å². The Balaban J connectivity index is 2.58. The van der Waals surface area contributed by atoms with Crippen LogP contribution in [0.4, 0.5) is 0 Å². The van der Waals surface area contributed by atoms with E-state index in [4.69, 9.17) is 5.11 Å². The second-order valence-corrected chi connectivity index (χ2v) is 4.30. The Morgan fingerprint density at radius 3 is 2.50 bits per heavy atom. The van der Waals surface area contributed by atoms with Gasteiger partial charge in [0.15, 0.2) is 0 Å². The molecule has 88 valence electrons. The van der Waals surface area contributed by atoms with Crippen molar-refractivity contribution in [3.05, 3.63) is 47.5 Å². The van der Waals surface area contributed by atoms with Crippen molar-refractivity contribution in [3.8, 4) is 0 Å². The van der Waals surface area contributed by atoms with Crippen molar-refractivity contribution in [1.82, 2.24) is 0 Å². The molecule has 0 bridgehead atoms. The van der Waals surface area contributed by atoms with Gasteiger partial charge < -0.3 is 10.2 Å². The molecule has 1 aromatic rings. The Morgan fingerprint density at radius 2 is 1.94 bits per heavy atom. The summed E-state index contributed by atoms with van der Waals surface area (Å²) in [5, 5.41) is 18.9. The molecular weight excluding hydrogens is 200 g/mol. The van der Waals surface area contributed by atoms with Crippen molar-refractivity contribution in [1.29, 1.82) is 0 Å². The van der Waals surface area contributed by atoms with Gasteiger partial charge in [0.05, 0.1) is 6.10 Å². The summed E-state index contributed by atoms with van der Waals surface area (Å²) in [6, 6.07) is 9.63. The van der Waals surface area contributed by atoms with Crippen LogP contribution in [0.15, 0.2) is 42.0 Å². The zero-order valence-electron chi connectivity index (χ0n) is 9.93. The SMILES string of the molecule is C/C(=C/[C@@H](C)CO)C[C@H](O)c1ccccc1. The molecule has 0 spiro atoms. The summed E-state index contributed by atoms with van der Waals surface area (Å²) < 4.78 is 0. The largest absolute Gasteiger partial charge is 0.396 e. The minimum Gasteiger partial charge on any atom is -0.396 e. The third-order valence-electron chi connectivity index (χ3n) is 2.56. The summed E-state index contributed by atoms with van der Waals surface area (Å²) in [6.45, 7) is 4.09. The van der Waals surface area contributed by atoms with Gasteiger partial charge >= 0.3 is 0 Å². The van der Waals surface area contributed by atoms with Gasteiger partial charge in [0.1, 0.15) is 0 Å². The lowest BCUT2D eigenvalue weighted by Gasteiger charge is -2.12. The molecule has 1 rings (SSSR count). The number of rotatable bonds is 5. The highest BCUT2D eigenvalue weighted by atomic mass is 16.3. The number of hydrogen-bond donors (Lipinski definition) is 2. The average molecular weight is 220 g/mol. The third kappa shape index (κ3) is 4.17. The van der Waals surface area contributed by atoms with Gasteiger partial charge in [0.25, 0.3) is 0 Å². The van der Waals surface area contributed by atoms with Crippen LogP contribution in [0, 0.1) is 5.92 Å². The average Bonchev–Trinajstić information content (AvgIpc) is 2.29. The van der Waals surface area contributed by atoms with Crippen LogP contribution in [-0.2, 0) is 0 Å². The zero-order valence-corrected chi connectivity index (χ0v) is 9.93. The summed E-state index contributed by atoms with van der Waals surface area (Å²) in [5.41, 5.74) is 2.05. The second-order valence-electron chi connectivity index (χ2n) is 4.30. The predicted octanol–water partition coefficient (Wildman–Crippen LogP) is 2.68. The van der Waals surface area contributed by atoms with E-state index in [9.17, 15) is 5.11 Å². The highest BCUT2D eigenvalue weighted by molar-refractivity contribution is 5.19. The van der Waals surface area contributed by atoms with Crippen molar-refractivity contribution in [2.24, 2.45) is 5.92 Å². The van der Waals surface area contributed by atoms with Gasteiger partial charge in [-0.2, -0.15) is 0 Å². The molecular formula is C14H20O2. The molecule has 0 radical (unpaired) electrons. The molecule has 0 aliphatic rings. The van der Waals surface area contributed by atoms with Gasteiger partial charge in [-0.05, 0) is 24.8 Å². The van der Waals surface area contributed by atoms with Crippen LogP contribution in [0.1, 0.15) is 31.9 Å². The van der Waals surface area contributed by atoms with Gasteiger partial charge in [-0.15, -0.1) is 0 Å². The molecule has 2 heteroatoms. The topological polar surface area (TPSA) is 40.5 Å². The summed E-state index contributed by atoms with van der Waals surface area (Å²) in [6.07, 6.45) is 2.17. The molecule has 0 saturated heterocycles. The normalized spacial score (nSPS) is 15.9. The number of hydrogen-bond acceptors (Lipinski definition) is 2. The van der Waals surface area contributed by atoms with Crippen molar-refractivity contribution in [2.45, 2.75) is 26.4 Å². The smallest absolute Gasteiger partial charge is 0.0827 e. The highest BCUT2D eigenvalue weighted by Crippen LogP contribution is 2.21. The second kappa shape index (κ2) is 6.46. The maximum Gasteiger partial charge on any atom is 0.0827 e. The number of aliphatic hydroxyl groups excluding tert-OH is 2. The Kier molecular flexibility index (Phi) is 5.23. The summed E-state index contributed by atoms with van der Waals surface area (Å²) in [7, 11) is 0. The standard InChI is InChI=1S/C14H20O2/c1-11(8-12(2)10-15)9-14(16)13-6-4-3-5-7-13/h3-8,12,14-16H,9-10H2,1-2H3/b11-8-/t12-,14+/m1/s1. The molecule has 0 aliphatic heterocycles. The highest BCUT2D eigenvalue weighted by Gasteiger charge is 2.07. The first-order valence-corrected chi connectivity index (χ1v) is 5.64. The van der Waals surface area contributed by atoms with E-state index >= 15 is 0 Å². The Hall–Kier alpha value is -1.12. The monoisotopic (exact) mass is 220 g/mol. The summed E-state index contributed by atoms with van der Waals surface area (Å²) in [5.74, 6) is 0.156. The molecule has 0 heterocycles. The van der Waals surface area contributed by atoms with Crippen LogP contribution in [0.5, 0.6) is 0 Å². The molecule has 0 aromatic heterocycles. The summed E-state index contributed by atoms with van der Waals surface area (Å²) in [4.78, 5) is 0. The van der Waals surface area contributed by atoms with Gasteiger partial charge in [-0.1, -0.05) is 48.9 Å². The minimum absolute atomic E-state index is 0.152. The molecule has 0 saturated carbocycles. The minimum atomic E-state index is -0.455. The molecule has 0 amide bonds. The molecule has 2 atom stereocenters. The van der Waals surface area contributed by atoms with Crippen molar-refractivity contribution in [2.75, 3.05) is 6.61 Å². The first kappa shape index (κ1) is 12.9. The number of aliphatic hydroxyl groups is 2. The van der Waals surface area contributed by atoms with E-state index in [1.807, 2.05) is 50.3 Å². The predicted molar refractivity (Wildman–Crippen MR) is 66.0 cm³/mol. The van der Waals surface area contributed by atoms with Gasteiger partial charge in [0.2, 0.25) is 0 Å². The van der Waals surface area contributed by atoms with Crippen molar-refractivity contribution < 1.29 is 10.2 Å². The van der Waals surface area contributed by atoms with Crippen LogP contribution in [0.3, 0.4) is 0 Å². The quantitative estimate of drug-likeness (QED) is 0.749. The fraction of sp³-hybridized carbons (Fsp3) is 0.429. The Morgan fingerprint density at radius 1 is 1.31 bits per heavy atom. The van der Waals surface area contributed by atoms with E-state index < -0.39 is 6.10 Å². The van der Waals surface area contributed by atoms with E-state index in [0.717, 1.165) is 11.1 Å². The van der Waals surface area contributed by atoms with Gasteiger partial charge in [-0.25, -0.2) is 0 Å². The van der Waals surface area contributed by atoms with E-state index in [0.29, 0.717) is 6.42 Å². The molecule has 0 aliphatic carbocycles. The van der Waals surface area contributed by atoms with E-state index in [-0.39, 0.29) is 12.5 Å². The van der Waals surface area contributed by atoms with Crippen LogP contribution >= 0.6 is 0 Å². The Bertz CT molecular complexity index is 330. The molecule has 1 aromatic carbocycles. The number of benzene rings is 1. The molecule has 0 unspecified atom stereocenters. The Labute approximate surface area is 97.2 Å². The molecule has 0 fully saturated rings. The molecule has 2 nitrogen and oxygen atoms in total. The fourth-order valence-electron chi connectivity index (χ4n) is 1.70. The first-order valence-electron chi connectivity index (χ1n) is 5.64. The lowest BCUT2D eigenvalue weighted by molar-refractivity contribution is 0.177. The first-order chi connectivity index (χ1) is 7.63.